The van der Waals surface area contributed by atoms with Gasteiger partial charge in [-0.2, -0.15) is 5.26 Å². The Kier molecular flexibility index (Phi) is 4.80. The first kappa shape index (κ1) is 15.8. The Bertz CT molecular complexity index is 460. The predicted molar refractivity (Wildman–Crippen MR) is 82.3 cm³/mol. The number of hydrogen-bond donors (Lipinski definition) is 0. The molecule has 1 heteroatoms. The Hall–Kier alpha value is -1.29. The third kappa shape index (κ3) is 3.83. The van der Waals surface area contributed by atoms with Gasteiger partial charge in [0, 0.05) is 0 Å². The van der Waals surface area contributed by atoms with Crippen LogP contribution in [0.2, 0.25) is 0 Å². The Morgan fingerprint density at radius 3 is 1.89 bits per heavy atom. The zero-order valence-corrected chi connectivity index (χ0v) is 13.5. The van der Waals surface area contributed by atoms with Gasteiger partial charge in [-0.3, -0.25) is 0 Å². The summed E-state index contributed by atoms with van der Waals surface area (Å²) in [7, 11) is 0. The highest BCUT2D eigenvalue weighted by atomic mass is 14.3. The molecule has 0 N–H and O–H groups in total. The number of rotatable bonds is 3. The van der Waals surface area contributed by atoms with Crippen molar-refractivity contribution in [3.05, 3.63) is 34.4 Å². The van der Waals surface area contributed by atoms with E-state index >= 15 is 0 Å². The van der Waals surface area contributed by atoms with E-state index in [1.807, 2.05) is 0 Å². The molecule has 0 spiro atoms. The fourth-order valence-corrected chi connectivity index (χ4v) is 2.40. The lowest BCUT2D eigenvalue weighted by molar-refractivity contribution is 0.472. The van der Waals surface area contributed by atoms with Gasteiger partial charge in [-0.05, 0) is 53.9 Å². The maximum atomic E-state index is 9.27. The van der Waals surface area contributed by atoms with Gasteiger partial charge in [0.1, 0.15) is 0 Å². The van der Waals surface area contributed by atoms with Crippen LogP contribution in [0.3, 0.4) is 0 Å². The van der Waals surface area contributed by atoms with Crippen molar-refractivity contribution in [3.63, 3.8) is 0 Å². The van der Waals surface area contributed by atoms with Crippen molar-refractivity contribution < 1.29 is 0 Å². The van der Waals surface area contributed by atoms with Crippen molar-refractivity contribution >= 4 is 0 Å². The lowest BCUT2D eigenvalue weighted by atomic mass is 9.81. The van der Waals surface area contributed by atoms with Crippen molar-refractivity contribution in [3.8, 4) is 6.07 Å². The molecule has 0 saturated carbocycles. The van der Waals surface area contributed by atoms with Gasteiger partial charge in [0.05, 0.1) is 12.0 Å². The standard InChI is InChI=1S/C18H27N/c1-12(2)15(11-19)10-17-13(3)8-16(9-14(17)4)18(5,6)7/h8-9,12,15H,10H2,1-7H3. The Balaban J connectivity index is 3.15. The molecule has 0 radical (unpaired) electrons. The van der Waals surface area contributed by atoms with E-state index in [4.69, 9.17) is 0 Å². The molecule has 1 unspecified atom stereocenters. The lowest BCUT2D eigenvalue weighted by Gasteiger charge is -2.23. The summed E-state index contributed by atoms with van der Waals surface area (Å²) in [5.74, 6) is 0.518. The highest BCUT2D eigenvalue weighted by Crippen LogP contribution is 2.29. The molecule has 1 atom stereocenters. The van der Waals surface area contributed by atoms with E-state index in [0.29, 0.717) is 5.92 Å². The Morgan fingerprint density at radius 1 is 1.11 bits per heavy atom. The monoisotopic (exact) mass is 257 g/mol. The van der Waals surface area contributed by atoms with Crippen LogP contribution in [0, 0.1) is 37.0 Å². The summed E-state index contributed by atoms with van der Waals surface area (Å²) in [5.41, 5.74) is 5.56. The van der Waals surface area contributed by atoms with Crippen molar-refractivity contribution in [1.82, 2.24) is 0 Å². The molecule has 0 aromatic heterocycles. The van der Waals surface area contributed by atoms with E-state index in [9.17, 15) is 5.26 Å². The molecule has 19 heavy (non-hydrogen) atoms. The van der Waals surface area contributed by atoms with E-state index in [2.05, 4.69) is 66.7 Å². The molecule has 0 amide bonds. The van der Waals surface area contributed by atoms with Crippen molar-refractivity contribution in [2.24, 2.45) is 11.8 Å². The first-order valence-electron chi connectivity index (χ1n) is 7.17. The van der Waals surface area contributed by atoms with E-state index in [-0.39, 0.29) is 11.3 Å². The molecule has 1 aromatic carbocycles. The van der Waals surface area contributed by atoms with Gasteiger partial charge in [0.25, 0.3) is 0 Å². The highest BCUT2D eigenvalue weighted by molar-refractivity contribution is 5.41. The van der Waals surface area contributed by atoms with Gasteiger partial charge >= 0.3 is 0 Å². The van der Waals surface area contributed by atoms with Gasteiger partial charge in [0.15, 0.2) is 0 Å². The maximum absolute atomic E-state index is 9.27. The molecular formula is C18H27N. The minimum absolute atomic E-state index is 0.109. The zero-order valence-electron chi connectivity index (χ0n) is 13.5. The highest BCUT2D eigenvalue weighted by Gasteiger charge is 2.19. The average Bonchev–Trinajstić information content (AvgIpc) is 2.26. The molecule has 0 aliphatic rings. The summed E-state index contributed by atoms with van der Waals surface area (Å²) in [6, 6.07) is 7.03. The minimum atomic E-state index is 0.109. The predicted octanol–water partition coefficient (Wildman–Crippen LogP) is 4.94. The van der Waals surface area contributed by atoms with Gasteiger partial charge in [0.2, 0.25) is 0 Å². The summed E-state index contributed by atoms with van der Waals surface area (Å²) in [5, 5.41) is 9.27. The van der Waals surface area contributed by atoms with Crippen LogP contribution in [0.1, 0.15) is 56.9 Å². The molecule has 104 valence electrons. The molecule has 1 aromatic rings. The normalized spacial score (nSPS) is 13.4. The van der Waals surface area contributed by atoms with Crippen LogP contribution in [0.25, 0.3) is 0 Å². The largest absolute Gasteiger partial charge is 0.198 e. The van der Waals surface area contributed by atoms with Crippen LogP contribution >= 0.6 is 0 Å². The first-order chi connectivity index (χ1) is 8.66. The molecule has 0 heterocycles. The second-order valence-electron chi connectivity index (χ2n) is 7.02. The van der Waals surface area contributed by atoms with E-state index in [1.165, 1.54) is 22.3 Å². The van der Waals surface area contributed by atoms with E-state index < -0.39 is 0 Å². The summed E-state index contributed by atoms with van der Waals surface area (Å²) >= 11 is 0. The molecule has 0 aliphatic carbocycles. The number of benzene rings is 1. The van der Waals surface area contributed by atoms with Gasteiger partial charge < -0.3 is 0 Å². The minimum Gasteiger partial charge on any atom is -0.198 e. The number of aryl methyl sites for hydroxylation is 2. The van der Waals surface area contributed by atoms with Crippen molar-refractivity contribution in [2.75, 3.05) is 0 Å². The van der Waals surface area contributed by atoms with Crippen LogP contribution in [0.4, 0.5) is 0 Å². The second-order valence-corrected chi connectivity index (χ2v) is 7.02. The maximum Gasteiger partial charge on any atom is 0.0661 e. The molecule has 1 rings (SSSR count). The molecule has 0 fully saturated rings. The van der Waals surface area contributed by atoms with Crippen LogP contribution in [0.5, 0.6) is 0 Å². The average molecular weight is 257 g/mol. The van der Waals surface area contributed by atoms with E-state index in [0.717, 1.165) is 6.42 Å². The zero-order chi connectivity index (χ0) is 14.8. The van der Waals surface area contributed by atoms with Crippen LogP contribution < -0.4 is 0 Å². The fourth-order valence-electron chi connectivity index (χ4n) is 2.40. The van der Waals surface area contributed by atoms with Gasteiger partial charge in [-0.25, -0.2) is 0 Å². The SMILES string of the molecule is Cc1cc(C(C)(C)C)cc(C)c1CC(C#N)C(C)C. The number of nitriles is 1. The molecule has 1 nitrogen and oxygen atoms in total. The number of nitrogens with zero attached hydrogens (tertiary/aromatic N) is 1. The summed E-state index contributed by atoms with van der Waals surface area (Å²) in [6.07, 6.45) is 0.871. The summed E-state index contributed by atoms with van der Waals surface area (Å²) in [6.45, 7) is 15.3. The van der Waals surface area contributed by atoms with Crippen LogP contribution in [-0.4, -0.2) is 0 Å². The smallest absolute Gasteiger partial charge is 0.0661 e. The summed E-state index contributed by atoms with van der Waals surface area (Å²) < 4.78 is 0. The lowest BCUT2D eigenvalue weighted by Crippen LogP contribution is -2.15. The van der Waals surface area contributed by atoms with Crippen molar-refractivity contribution in [1.29, 1.82) is 5.26 Å². The quantitative estimate of drug-likeness (QED) is 0.752. The van der Waals surface area contributed by atoms with E-state index in [1.54, 1.807) is 0 Å². The molecule has 0 saturated heterocycles. The second kappa shape index (κ2) is 5.78. The fraction of sp³-hybridized carbons (Fsp3) is 0.611. The van der Waals surface area contributed by atoms with Crippen molar-refractivity contribution in [2.45, 2.75) is 60.3 Å². The molecular weight excluding hydrogens is 230 g/mol. The number of hydrogen-bond acceptors (Lipinski definition) is 1. The Labute approximate surface area is 118 Å². The van der Waals surface area contributed by atoms with Gasteiger partial charge in [-0.1, -0.05) is 46.8 Å². The third-order valence-electron chi connectivity index (χ3n) is 3.96. The van der Waals surface area contributed by atoms with Crippen LogP contribution in [-0.2, 0) is 11.8 Å². The topological polar surface area (TPSA) is 23.8 Å². The first-order valence-corrected chi connectivity index (χ1v) is 7.17. The third-order valence-corrected chi connectivity index (χ3v) is 3.96. The van der Waals surface area contributed by atoms with Crippen LogP contribution in [0.15, 0.2) is 12.1 Å². The summed E-state index contributed by atoms with van der Waals surface area (Å²) in [4.78, 5) is 0. The Morgan fingerprint density at radius 2 is 1.58 bits per heavy atom. The molecule has 0 aliphatic heterocycles. The molecule has 0 bridgehead atoms. The van der Waals surface area contributed by atoms with Gasteiger partial charge in [-0.15, -0.1) is 0 Å².